The number of likely N-dealkylation sites (N-methyl/N-ethyl adjacent to an activating group) is 1. The summed E-state index contributed by atoms with van der Waals surface area (Å²) in [6, 6.07) is 0. The number of likely N-dealkylation sites (tertiary alicyclic amines) is 1. The maximum Gasteiger partial charge on any atom is 0.108 e. The molecule has 0 aromatic carbocycles. The van der Waals surface area contributed by atoms with E-state index in [2.05, 4.69) is 14.1 Å². The third kappa shape index (κ3) is 2.30. The highest BCUT2D eigenvalue weighted by molar-refractivity contribution is 4.60. The van der Waals surface area contributed by atoms with Gasteiger partial charge >= 0.3 is 0 Å². The molecule has 0 spiro atoms. The van der Waals surface area contributed by atoms with E-state index in [1.807, 2.05) is 0 Å². The van der Waals surface area contributed by atoms with Crippen LogP contribution < -0.4 is 0 Å². The second kappa shape index (κ2) is 2.64. The van der Waals surface area contributed by atoms with Gasteiger partial charge in [-0.05, 0) is 0 Å². The van der Waals surface area contributed by atoms with Gasteiger partial charge in [0.2, 0.25) is 0 Å². The maximum atomic E-state index is 9.05. The summed E-state index contributed by atoms with van der Waals surface area (Å²) in [6.07, 6.45) is 0.942. The van der Waals surface area contributed by atoms with E-state index in [1.165, 1.54) is 0 Å². The number of hydrogen-bond acceptors (Lipinski definition) is 2. The lowest BCUT2D eigenvalue weighted by atomic mass is 10.3. The largest absolute Gasteiger partial charge is 0.870 e. The molecule has 56 valence electrons. The number of nitrogens with zero attached hydrogens (tertiary/aromatic N) is 1. The van der Waals surface area contributed by atoms with Gasteiger partial charge < -0.3 is 15.1 Å². The monoisotopic (exact) mass is 133 g/mol. The van der Waals surface area contributed by atoms with Crippen molar-refractivity contribution in [1.82, 2.24) is 0 Å². The molecule has 9 heavy (non-hydrogen) atoms. The minimum atomic E-state index is -0.0370. The predicted octanol–water partition coefficient (Wildman–Crippen LogP) is -0.349. The molecule has 3 nitrogen and oxygen atoms in total. The van der Waals surface area contributed by atoms with E-state index >= 15 is 0 Å². The number of rotatable bonds is 0. The zero-order valence-corrected chi connectivity index (χ0v) is 6.04. The second-order valence-corrected chi connectivity index (χ2v) is 3.28. The SMILES string of the molecule is C[N+]1(C)CCC(O)C1.[OH-]. The average Bonchev–Trinajstić information content (AvgIpc) is 1.82. The maximum absolute atomic E-state index is 9.05. The van der Waals surface area contributed by atoms with Crippen molar-refractivity contribution in [2.45, 2.75) is 12.5 Å². The lowest BCUT2D eigenvalue weighted by molar-refractivity contribution is -0.879. The summed E-state index contributed by atoms with van der Waals surface area (Å²) in [6.45, 7) is 2.06. The molecule has 2 N–H and O–H groups in total. The highest BCUT2D eigenvalue weighted by Crippen LogP contribution is 2.12. The van der Waals surface area contributed by atoms with Crippen molar-refractivity contribution < 1.29 is 15.1 Å². The highest BCUT2D eigenvalue weighted by atomic mass is 16.3. The molecule has 1 aliphatic rings. The van der Waals surface area contributed by atoms with E-state index in [-0.39, 0.29) is 11.6 Å². The van der Waals surface area contributed by atoms with Crippen molar-refractivity contribution >= 4 is 0 Å². The molecular formula is C6H15NO2. The van der Waals surface area contributed by atoms with Gasteiger partial charge in [-0.25, -0.2) is 0 Å². The molecule has 0 amide bonds. The Hall–Kier alpha value is -0.120. The molecule has 0 aromatic rings. The lowest BCUT2D eigenvalue weighted by Crippen LogP contribution is -2.37. The summed E-state index contributed by atoms with van der Waals surface area (Å²) in [5.41, 5.74) is 0. The van der Waals surface area contributed by atoms with Crippen molar-refractivity contribution in [3.8, 4) is 0 Å². The fraction of sp³-hybridized carbons (Fsp3) is 1.00. The Morgan fingerprint density at radius 3 is 2.11 bits per heavy atom. The Morgan fingerprint density at radius 2 is 2.00 bits per heavy atom. The van der Waals surface area contributed by atoms with E-state index in [1.54, 1.807) is 0 Å². The zero-order chi connectivity index (χ0) is 6.20. The summed E-state index contributed by atoms with van der Waals surface area (Å²) in [4.78, 5) is 0. The van der Waals surface area contributed by atoms with Crippen LogP contribution in [0.5, 0.6) is 0 Å². The van der Waals surface area contributed by atoms with E-state index in [9.17, 15) is 0 Å². The normalized spacial score (nSPS) is 31.7. The molecule has 0 radical (unpaired) electrons. The standard InChI is InChI=1S/C6H14NO.H2O/c1-7(2)4-3-6(8)5-7;/h6,8H,3-5H2,1-2H3;1H2/q+1;/p-1. The van der Waals surface area contributed by atoms with Crippen LogP contribution in [-0.4, -0.2) is 48.4 Å². The Bertz CT molecular complexity index is 93.1. The first-order chi connectivity index (χ1) is 3.60. The van der Waals surface area contributed by atoms with Crippen LogP contribution in [0.2, 0.25) is 0 Å². The zero-order valence-electron chi connectivity index (χ0n) is 6.04. The summed E-state index contributed by atoms with van der Waals surface area (Å²) in [5, 5.41) is 9.05. The van der Waals surface area contributed by atoms with Crippen molar-refractivity contribution in [2.24, 2.45) is 0 Å². The summed E-state index contributed by atoms with van der Waals surface area (Å²) < 4.78 is 0.987. The van der Waals surface area contributed by atoms with Crippen LogP contribution in [0.15, 0.2) is 0 Å². The third-order valence-electron chi connectivity index (χ3n) is 1.77. The van der Waals surface area contributed by atoms with E-state index < -0.39 is 0 Å². The van der Waals surface area contributed by atoms with Gasteiger partial charge in [0.1, 0.15) is 12.6 Å². The fourth-order valence-electron chi connectivity index (χ4n) is 1.25. The number of hydrogen-bond donors (Lipinski definition) is 1. The van der Waals surface area contributed by atoms with Gasteiger partial charge in [-0.1, -0.05) is 0 Å². The molecular weight excluding hydrogens is 118 g/mol. The lowest BCUT2D eigenvalue weighted by Gasteiger charge is -2.22. The molecule has 0 saturated carbocycles. The Labute approximate surface area is 55.8 Å². The summed E-state index contributed by atoms with van der Waals surface area (Å²) in [7, 11) is 4.30. The Morgan fingerprint density at radius 1 is 1.44 bits per heavy atom. The topological polar surface area (TPSA) is 50.2 Å². The number of aliphatic hydroxyl groups excluding tert-OH is 1. The van der Waals surface area contributed by atoms with E-state index in [4.69, 9.17) is 5.11 Å². The van der Waals surface area contributed by atoms with Gasteiger partial charge in [-0.3, -0.25) is 0 Å². The van der Waals surface area contributed by atoms with Gasteiger partial charge in [0.25, 0.3) is 0 Å². The van der Waals surface area contributed by atoms with Crippen LogP contribution in [0.1, 0.15) is 6.42 Å². The smallest absolute Gasteiger partial charge is 0.108 e. The molecule has 1 heterocycles. The average molecular weight is 133 g/mol. The third-order valence-corrected chi connectivity index (χ3v) is 1.77. The van der Waals surface area contributed by atoms with Crippen LogP contribution in [0.3, 0.4) is 0 Å². The van der Waals surface area contributed by atoms with Crippen LogP contribution in [-0.2, 0) is 0 Å². The van der Waals surface area contributed by atoms with Crippen molar-refractivity contribution in [3.05, 3.63) is 0 Å². The molecule has 1 fully saturated rings. The van der Waals surface area contributed by atoms with Gasteiger partial charge in [-0.2, -0.15) is 0 Å². The summed E-state index contributed by atoms with van der Waals surface area (Å²) in [5.74, 6) is 0. The molecule has 1 saturated heterocycles. The van der Waals surface area contributed by atoms with Gasteiger partial charge in [0.05, 0.1) is 20.6 Å². The van der Waals surface area contributed by atoms with Crippen molar-refractivity contribution in [2.75, 3.05) is 27.2 Å². The molecule has 1 rings (SSSR count). The van der Waals surface area contributed by atoms with Crippen molar-refractivity contribution in [1.29, 1.82) is 0 Å². The molecule has 1 unspecified atom stereocenters. The number of quaternary nitrogens is 1. The molecule has 0 aliphatic carbocycles. The molecule has 0 bridgehead atoms. The Balaban J connectivity index is 0.000000640. The van der Waals surface area contributed by atoms with Crippen LogP contribution in [0, 0.1) is 0 Å². The van der Waals surface area contributed by atoms with E-state index in [0.717, 1.165) is 24.0 Å². The van der Waals surface area contributed by atoms with Gasteiger partial charge in [0.15, 0.2) is 0 Å². The Kier molecular flexibility index (Phi) is 2.61. The van der Waals surface area contributed by atoms with Crippen molar-refractivity contribution in [3.63, 3.8) is 0 Å². The van der Waals surface area contributed by atoms with Gasteiger partial charge in [0, 0.05) is 6.42 Å². The first kappa shape index (κ1) is 8.88. The minimum absolute atomic E-state index is 0. The first-order valence-electron chi connectivity index (χ1n) is 3.10. The first-order valence-corrected chi connectivity index (χ1v) is 3.10. The minimum Gasteiger partial charge on any atom is -0.870 e. The van der Waals surface area contributed by atoms with Crippen LogP contribution >= 0.6 is 0 Å². The van der Waals surface area contributed by atoms with Crippen LogP contribution in [0.25, 0.3) is 0 Å². The van der Waals surface area contributed by atoms with Crippen LogP contribution in [0.4, 0.5) is 0 Å². The molecule has 3 heteroatoms. The molecule has 1 atom stereocenters. The second-order valence-electron chi connectivity index (χ2n) is 3.28. The van der Waals surface area contributed by atoms with Gasteiger partial charge in [-0.15, -0.1) is 0 Å². The summed E-state index contributed by atoms with van der Waals surface area (Å²) >= 11 is 0. The number of aliphatic hydroxyl groups is 1. The molecule has 0 aromatic heterocycles. The predicted molar refractivity (Wildman–Crippen MR) is 34.4 cm³/mol. The fourth-order valence-corrected chi connectivity index (χ4v) is 1.25. The molecule has 1 aliphatic heterocycles. The quantitative estimate of drug-likeness (QED) is 0.459. The van der Waals surface area contributed by atoms with E-state index in [0.29, 0.717) is 0 Å². The highest BCUT2D eigenvalue weighted by Gasteiger charge is 2.28.